The predicted molar refractivity (Wildman–Crippen MR) is 106 cm³/mol. The zero-order chi connectivity index (χ0) is 18.6. The van der Waals surface area contributed by atoms with E-state index in [1.54, 1.807) is 30.3 Å². The molecule has 0 bridgehead atoms. The largest absolute Gasteiger partial charge is 0.478 e. The number of unbranched alkanes of at least 4 members (excludes halogenated alkanes) is 12. The Hall–Kier alpha value is -1.35. The molecule has 0 aliphatic rings. The summed E-state index contributed by atoms with van der Waals surface area (Å²) in [6.07, 6.45) is 17.7. The number of hydrogen-bond acceptors (Lipinski definition) is 2. The van der Waals surface area contributed by atoms with Crippen molar-refractivity contribution in [1.29, 1.82) is 0 Å². The molecule has 25 heavy (non-hydrogen) atoms. The van der Waals surface area contributed by atoms with E-state index < -0.39 is 5.97 Å². The third-order valence-electron chi connectivity index (χ3n) is 4.28. The molecule has 2 N–H and O–H groups in total. The standard InChI is InChI=1S/C15H32O.C7H6O2/c1-2-3-4-5-6-7-8-9-10-11-12-13-14-15-16;8-7(9)6-4-2-1-3-5-6/h16H,2-15H2,1H3;1-5H,(H,8,9). The Morgan fingerprint density at radius 1 is 0.720 bits per heavy atom. The molecule has 0 amide bonds. The second-order valence-electron chi connectivity index (χ2n) is 6.64. The molecule has 0 spiro atoms. The number of aliphatic hydroxyl groups excluding tert-OH is 1. The van der Waals surface area contributed by atoms with Gasteiger partial charge in [-0.15, -0.1) is 0 Å². The van der Waals surface area contributed by atoms with Crippen LogP contribution in [0.25, 0.3) is 0 Å². The molecule has 144 valence electrons. The van der Waals surface area contributed by atoms with Crippen LogP contribution in [0.15, 0.2) is 30.3 Å². The van der Waals surface area contributed by atoms with Crippen molar-refractivity contribution < 1.29 is 15.0 Å². The number of aliphatic hydroxyl groups is 1. The van der Waals surface area contributed by atoms with Gasteiger partial charge in [0, 0.05) is 6.61 Å². The van der Waals surface area contributed by atoms with Gasteiger partial charge in [-0.2, -0.15) is 0 Å². The fraction of sp³-hybridized carbons (Fsp3) is 0.682. The van der Waals surface area contributed by atoms with E-state index in [-0.39, 0.29) is 0 Å². The van der Waals surface area contributed by atoms with Crippen molar-refractivity contribution in [2.24, 2.45) is 0 Å². The number of aromatic carboxylic acids is 1. The minimum Gasteiger partial charge on any atom is -0.478 e. The van der Waals surface area contributed by atoms with Crippen LogP contribution in [0.4, 0.5) is 0 Å². The molecule has 1 rings (SSSR count). The summed E-state index contributed by atoms with van der Waals surface area (Å²) in [6, 6.07) is 8.30. The molecule has 0 heterocycles. The van der Waals surface area contributed by atoms with Gasteiger partial charge in [0.15, 0.2) is 0 Å². The van der Waals surface area contributed by atoms with E-state index in [4.69, 9.17) is 10.2 Å². The Bertz CT molecular complexity index is 376. The molecule has 0 unspecified atom stereocenters. The lowest BCUT2D eigenvalue weighted by atomic mass is 10.0. The number of carboxylic acids is 1. The Balaban J connectivity index is 0.000000535. The zero-order valence-electron chi connectivity index (χ0n) is 16.1. The molecule has 3 heteroatoms. The third kappa shape index (κ3) is 17.3. The lowest BCUT2D eigenvalue weighted by Crippen LogP contribution is -1.93. The smallest absolute Gasteiger partial charge is 0.335 e. The minimum atomic E-state index is -0.879. The van der Waals surface area contributed by atoms with Gasteiger partial charge < -0.3 is 10.2 Å². The average molecular weight is 351 g/mol. The first kappa shape index (κ1) is 23.6. The molecule has 1 aromatic rings. The molecule has 3 nitrogen and oxygen atoms in total. The summed E-state index contributed by atoms with van der Waals surface area (Å²) in [4.78, 5) is 10.2. The highest BCUT2D eigenvalue weighted by Crippen LogP contribution is 2.12. The monoisotopic (exact) mass is 350 g/mol. The second-order valence-corrected chi connectivity index (χ2v) is 6.64. The summed E-state index contributed by atoms with van der Waals surface area (Å²) >= 11 is 0. The molecular weight excluding hydrogens is 312 g/mol. The van der Waals surface area contributed by atoms with Gasteiger partial charge in [-0.3, -0.25) is 0 Å². The van der Waals surface area contributed by atoms with Gasteiger partial charge >= 0.3 is 5.97 Å². The first-order chi connectivity index (χ1) is 12.2. The van der Waals surface area contributed by atoms with Gasteiger partial charge in [-0.25, -0.2) is 4.79 Å². The van der Waals surface area contributed by atoms with E-state index in [0.29, 0.717) is 12.2 Å². The normalized spacial score (nSPS) is 10.2. The minimum absolute atomic E-state index is 0.331. The molecule has 0 saturated heterocycles. The number of rotatable bonds is 14. The van der Waals surface area contributed by atoms with Gasteiger partial charge in [-0.1, -0.05) is 102 Å². The van der Waals surface area contributed by atoms with Crippen LogP contribution in [0.5, 0.6) is 0 Å². The van der Waals surface area contributed by atoms with Crippen LogP contribution in [0, 0.1) is 0 Å². The van der Waals surface area contributed by atoms with Crippen LogP contribution in [0.3, 0.4) is 0 Å². The number of carbonyl (C=O) groups is 1. The molecule has 0 aliphatic heterocycles. The lowest BCUT2D eigenvalue weighted by Gasteiger charge is -2.02. The van der Waals surface area contributed by atoms with Crippen molar-refractivity contribution in [3.05, 3.63) is 35.9 Å². The molecule has 0 radical (unpaired) electrons. The number of benzene rings is 1. The highest BCUT2D eigenvalue weighted by atomic mass is 16.4. The van der Waals surface area contributed by atoms with E-state index in [0.717, 1.165) is 6.42 Å². The van der Waals surface area contributed by atoms with Crippen molar-refractivity contribution in [3.8, 4) is 0 Å². The molecule has 1 aromatic carbocycles. The highest BCUT2D eigenvalue weighted by molar-refractivity contribution is 5.87. The van der Waals surface area contributed by atoms with Crippen molar-refractivity contribution in [2.75, 3.05) is 6.61 Å². The molecule has 0 aromatic heterocycles. The quantitative estimate of drug-likeness (QED) is 0.379. The van der Waals surface area contributed by atoms with Gasteiger partial charge in [0.1, 0.15) is 0 Å². The predicted octanol–water partition coefficient (Wildman–Crippen LogP) is 6.45. The maximum Gasteiger partial charge on any atom is 0.335 e. The summed E-state index contributed by atoms with van der Waals surface area (Å²) < 4.78 is 0. The van der Waals surface area contributed by atoms with Crippen molar-refractivity contribution in [1.82, 2.24) is 0 Å². The van der Waals surface area contributed by atoms with E-state index >= 15 is 0 Å². The molecular formula is C22H38O3. The van der Waals surface area contributed by atoms with E-state index in [2.05, 4.69) is 6.92 Å². The summed E-state index contributed by atoms with van der Waals surface area (Å²) in [5.74, 6) is -0.879. The zero-order valence-corrected chi connectivity index (χ0v) is 16.1. The SMILES string of the molecule is CCCCCCCCCCCCCCCO.O=C(O)c1ccccc1. The van der Waals surface area contributed by atoms with Crippen molar-refractivity contribution >= 4 is 5.97 Å². The maximum absolute atomic E-state index is 10.2. The van der Waals surface area contributed by atoms with Gasteiger partial charge in [-0.05, 0) is 18.6 Å². The summed E-state index contributed by atoms with van der Waals surface area (Å²) in [6.45, 7) is 2.65. The molecule has 0 saturated carbocycles. The average Bonchev–Trinajstić information content (AvgIpc) is 2.64. The van der Waals surface area contributed by atoms with Gasteiger partial charge in [0.05, 0.1) is 5.56 Å². The maximum atomic E-state index is 10.2. The van der Waals surface area contributed by atoms with Crippen LogP contribution in [-0.2, 0) is 0 Å². The van der Waals surface area contributed by atoms with Crippen LogP contribution < -0.4 is 0 Å². The molecule has 0 aliphatic carbocycles. The molecule has 0 fully saturated rings. The summed E-state index contributed by atoms with van der Waals surface area (Å²) in [5, 5.41) is 17.0. The van der Waals surface area contributed by atoms with E-state index in [1.165, 1.54) is 77.0 Å². The molecule has 0 atom stereocenters. The first-order valence-electron chi connectivity index (χ1n) is 10.1. The van der Waals surface area contributed by atoms with E-state index in [1.807, 2.05) is 0 Å². The van der Waals surface area contributed by atoms with Crippen LogP contribution >= 0.6 is 0 Å². The fourth-order valence-electron chi connectivity index (χ4n) is 2.71. The first-order valence-corrected chi connectivity index (χ1v) is 10.1. The topological polar surface area (TPSA) is 57.5 Å². The Morgan fingerprint density at radius 3 is 1.44 bits per heavy atom. The van der Waals surface area contributed by atoms with Crippen LogP contribution in [0.2, 0.25) is 0 Å². The Morgan fingerprint density at radius 2 is 1.12 bits per heavy atom. The fourth-order valence-corrected chi connectivity index (χ4v) is 2.71. The number of carboxylic acid groups (broad SMARTS) is 1. The Labute approximate surface area is 154 Å². The van der Waals surface area contributed by atoms with Gasteiger partial charge in [0.25, 0.3) is 0 Å². The Kier molecular flexibility index (Phi) is 18.0. The lowest BCUT2D eigenvalue weighted by molar-refractivity contribution is 0.0697. The van der Waals surface area contributed by atoms with Crippen molar-refractivity contribution in [2.45, 2.75) is 90.4 Å². The van der Waals surface area contributed by atoms with Crippen molar-refractivity contribution in [3.63, 3.8) is 0 Å². The van der Waals surface area contributed by atoms with E-state index in [9.17, 15) is 4.79 Å². The summed E-state index contributed by atoms with van der Waals surface area (Å²) in [5.41, 5.74) is 0.331. The van der Waals surface area contributed by atoms with Crippen LogP contribution in [-0.4, -0.2) is 22.8 Å². The highest BCUT2D eigenvalue weighted by Gasteiger charge is 1.96. The number of hydrogen-bond donors (Lipinski definition) is 2. The summed E-state index contributed by atoms with van der Waals surface area (Å²) in [7, 11) is 0. The second kappa shape index (κ2) is 19.0. The van der Waals surface area contributed by atoms with Gasteiger partial charge in [0.2, 0.25) is 0 Å². The third-order valence-corrected chi connectivity index (χ3v) is 4.28. The van der Waals surface area contributed by atoms with Crippen LogP contribution in [0.1, 0.15) is 101 Å².